The second-order valence-electron chi connectivity index (χ2n) is 7.13. The number of carbonyl (C=O) groups excluding carboxylic acids is 1. The molecule has 1 aromatic carbocycles. The van der Waals surface area contributed by atoms with E-state index in [0.717, 1.165) is 56.3 Å². The average Bonchev–Trinajstić information content (AvgIpc) is 2.60. The Hall–Kier alpha value is -1.35. The number of aryl methyl sites for hydroxylation is 1. The summed E-state index contributed by atoms with van der Waals surface area (Å²) in [5.74, 6) is -0.503. The van der Waals surface area contributed by atoms with Gasteiger partial charge in [-0.15, -0.1) is 0 Å². The Kier molecular flexibility index (Phi) is 2.29. The Bertz CT molecular complexity index is 744. The summed E-state index contributed by atoms with van der Waals surface area (Å²) >= 11 is 0. The fourth-order valence-corrected chi connectivity index (χ4v) is 4.78. The van der Waals surface area contributed by atoms with Gasteiger partial charge in [-0.3, -0.25) is 4.79 Å². The molecule has 0 aromatic heterocycles. The van der Waals surface area contributed by atoms with Gasteiger partial charge < -0.3 is 9.80 Å². The van der Waals surface area contributed by atoms with Crippen molar-refractivity contribution in [3.63, 3.8) is 0 Å². The van der Waals surface area contributed by atoms with Gasteiger partial charge in [0.1, 0.15) is 0 Å². The maximum absolute atomic E-state index is 13.4. The summed E-state index contributed by atoms with van der Waals surface area (Å²) in [5, 5.41) is 0. The van der Waals surface area contributed by atoms with E-state index in [1.54, 1.807) is 0 Å². The van der Waals surface area contributed by atoms with Crippen molar-refractivity contribution in [2.45, 2.75) is 44.0 Å². The minimum absolute atomic E-state index is 0.0739. The largest absolute Gasteiger partial charge is 0.333 e. The van der Waals surface area contributed by atoms with E-state index in [1.807, 2.05) is 18.2 Å². The van der Waals surface area contributed by atoms with E-state index >= 15 is 0 Å². The molecule has 3 saturated heterocycles. The van der Waals surface area contributed by atoms with E-state index in [1.165, 1.54) is 4.90 Å². The van der Waals surface area contributed by atoms with Gasteiger partial charge in [0.25, 0.3) is 5.91 Å². The number of hydrogen-bond acceptors (Lipinski definition) is 2. The number of fused-ring (bicyclic) bond motifs is 3. The van der Waals surface area contributed by atoms with Gasteiger partial charge in [0.05, 0.1) is 4.11 Å². The summed E-state index contributed by atoms with van der Waals surface area (Å²) < 4.78 is 27.0. The van der Waals surface area contributed by atoms with Gasteiger partial charge in [0.2, 0.25) is 0 Å². The molecule has 0 radical (unpaired) electrons. The maximum Gasteiger partial charge on any atom is 0.254 e. The molecule has 2 bridgehead atoms. The summed E-state index contributed by atoms with van der Waals surface area (Å²) in [7, 11) is 0. The van der Waals surface area contributed by atoms with Crippen LogP contribution in [0.2, 0.25) is 0 Å². The molecule has 3 fully saturated rings. The Morgan fingerprint density at radius 1 is 1.23 bits per heavy atom. The fourth-order valence-electron chi connectivity index (χ4n) is 4.78. The molecule has 1 aromatic rings. The molecule has 0 spiro atoms. The van der Waals surface area contributed by atoms with Crippen LogP contribution in [-0.4, -0.2) is 47.9 Å². The lowest BCUT2D eigenvalue weighted by Gasteiger charge is -2.51. The van der Waals surface area contributed by atoms with Crippen molar-refractivity contribution >= 4 is 5.91 Å². The average molecular weight is 299 g/mol. The molecule has 0 saturated carbocycles. The van der Waals surface area contributed by atoms with Crippen LogP contribution in [0.25, 0.3) is 0 Å². The SMILES string of the molecule is [2H]C1([2H])[C@H]2CCCc3cccc(c32)C(=O)N1[C@]1([2H])CN2CCC1CC2. The second-order valence-corrected chi connectivity index (χ2v) is 7.13. The van der Waals surface area contributed by atoms with Crippen molar-refractivity contribution in [2.24, 2.45) is 5.92 Å². The van der Waals surface area contributed by atoms with E-state index in [0.29, 0.717) is 12.1 Å². The number of rotatable bonds is 1. The molecule has 4 heterocycles. The summed E-state index contributed by atoms with van der Waals surface area (Å²) in [6, 6.07) is 4.64. The van der Waals surface area contributed by atoms with Crippen LogP contribution >= 0.6 is 0 Å². The zero-order chi connectivity index (χ0) is 17.4. The third-order valence-electron chi connectivity index (χ3n) is 5.93. The van der Waals surface area contributed by atoms with Crippen molar-refractivity contribution in [2.75, 3.05) is 26.1 Å². The Morgan fingerprint density at radius 2 is 2.09 bits per heavy atom. The van der Waals surface area contributed by atoms with Crippen LogP contribution in [0.5, 0.6) is 0 Å². The third kappa shape index (κ3) is 1.81. The smallest absolute Gasteiger partial charge is 0.254 e. The van der Waals surface area contributed by atoms with Crippen LogP contribution in [0.1, 0.15) is 57.2 Å². The van der Waals surface area contributed by atoms with Crippen LogP contribution in [0.15, 0.2) is 18.2 Å². The minimum atomic E-state index is -1.79. The van der Waals surface area contributed by atoms with Crippen molar-refractivity contribution < 1.29 is 8.91 Å². The van der Waals surface area contributed by atoms with Crippen molar-refractivity contribution in [1.29, 1.82) is 0 Å². The number of benzene rings is 1. The highest BCUT2D eigenvalue weighted by atomic mass is 16.2. The predicted molar refractivity (Wildman–Crippen MR) is 86.1 cm³/mol. The van der Waals surface area contributed by atoms with E-state index in [-0.39, 0.29) is 17.7 Å². The maximum atomic E-state index is 13.4. The van der Waals surface area contributed by atoms with Gasteiger partial charge in [0.15, 0.2) is 0 Å². The Morgan fingerprint density at radius 3 is 2.86 bits per heavy atom. The van der Waals surface area contributed by atoms with Crippen LogP contribution in [0, 0.1) is 5.92 Å². The molecule has 1 amide bonds. The molecule has 22 heavy (non-hydrogen) atoms. The first-order valence-electron chi connectivity index (χ1n) is 10.1. The van der Waals surface area contributed by atoms with E-state index < -0.39 is 12.5 Å². The normalized spacial score (nSPS) is 44.0. The topological polar surface area (TPSA) is 23.6 Å². The summed E-state index contributed by atoms with van der Waals surface area (Å²) in [6.45, 7) is 0.632. The molecule has 4 aliphatic heterocycles. The zero-order valence-electron chi connectivity index (χ0n) is 15.8. The first kappa shape index (κ1) is 10.4. The highest BCUT2D eigenvalue weighted by Gasteiger charge is 2.43. The number of amides is 1. The molecule has 3 nitrogen and oxygen atoms in total. The number of hydrogen-bond donors (Lipinski definition) is 0. The van der Waals surface area contributed by atoms with Crippen molar-refractivity contribution in [1.82, 2.24) is 9.80 Å². The Labute approximate surface area is 136 Å². The highest BCUT2D eigenvalue weighted by molar-refractivity contribution is 5.97. The first-order valence-corrected chi connectivity index (χ1v) is 8.62. The molecule has 0 unspecified atom stereocenters. The molecule has 0 N–H and O–H groups in total. The molecule has 116 valence electrons. The highest BCUT2D eigenvalue weighted by Crippen LogP contribution is 2.41. The van der Waals surface area contributed by atoms with Crippen LogP contribution in [-0.2, 0) is 6.42 Å². The zero-order valence-corrected chi connectivity index (χ0v) is 12.8. The molecular weight excluding hydrogens is 272 g/mol. The molecular formula is C19H24N2O. The van der Waals surface area contributed by atoms with Gasteiger partial charge in [-0.2, -0.15) is 0 Å². The molecule has 6 rings (SSSR count). The predicted octanol–water partition coefficient (Wildman–Crippen LogP) is 2.66. The molecule has 2 atom stereocenters. The summed E-state index contributed by atoms with van der Waals surface area (Å²) in [5.41, 5.74) is 2.68. The lowest BCUT2D eigenvalue weighted by molar-refractivity contribution is 0.00258. The van der Waals surface area contributed by atoms with Crippen LogP contribution in [0.3, 0.4) is 0 Å². The minimum Gasteiger partial charge on any atom is -0.333 e. The quantitative estimate of drug-likeness (QED) is 0.796. The third-order valence-corrected chi connectivity index (χ3v) is 5.93. The first-order chi connectivity index (χ1) is 11.9. The van der Waals surface area contributed by atoms with Crippen molar-refractivity contribution in [3.8, 4) is 0 Å². The van der Waals surface area contributed by atoms with Gasteiger partial charge in [-0.25, -0.2) is 0 Å². The van der Waals surface area contributed by atoms with E-state index in [9.17, 15) is 6.17 Å². The lowest BCUT2D eigenvalue weighted by atomic mass is 9.75. The summed E-state index contributed by atoms with van der Waals surface area (Å²) in [6.07, 6.45) is 4.40. The van der Waals surface area contributed by atoms with Gasteiger partial charge in [0, 0.05) is 30.5 Å². The van der Waals surface area contributed by atoms with Gasteiger partial charge in [-0.05, 0) is 68.3 Å². The van der Waals surface area contributed by atoms with E-state index in [4.69, 9.17) is 2.74 Å². The number of nitrogens with zero attached hydrogens (tertiary/aromatic N) is 2. The van der Waals surface area contributed by atoms with E-state index in [2.05, 4.69) is 4.90 Å². The number of piperidine rings is 3. The fraction of sp³-hybridized carbons (Fsp3) is 0.632. The summed E-state index contributed by atoms with van der Waals surface area (Å²) in [4.78, 5) is 17.0. The number of carbonyl (C=O) groups is 1. The Balaban J connectivity index is 1.67. The van der Waals surface area contributed by atoms with Gasteiger partial charge >= 0.3 is 0 Å². The van der Waals surface area contributed by atoms with Crippen molar-refractivity contribution in [3.05, 3.63) is 34.9 Å². The standard InChI is InChI=1S/C19H24N2O/c22-19-16-6-2-4-14-3-1-5-15(18(14)16)11-21(19)17-12-20-9-7-13(17)8-10-20/h2,4,6,13,15,17H,1,3,5,7-12H2/t15-,17-/m1/s1/i11D2,17D. The van der Waals surface area contributed by atoms with Crippen LogP contribution in [0.4, 0.5) is 0 Å². The lowest BCUT2D eigenvalue weighted by Crippen LogP contribution is -2.60. The van der Waals surface area contributed by atoms with Crippen LogP contribution < -0.4 is 0 Å². The molecule has 3 heteroatoms. The molecule has 5 aliphatic rings. The second kappa shape index (κ2) is 4.82. The molecule has 1 aliphatic carbocycles. The monoisotopic (exact) mass is 299 g/mol. The van der Waals surface area contributed by atoms with Gasteiger partial charge in [-0.1, -0.05) is 12.1 Å².